The van der Waals surface area contributed by atoms with Gasteiger partial charge in [0.1, 0.15) is 17.6 Å². The van der Waals surface area contributed by atoms with Crippen LogP contribution in [0.4, 0.5) is 0 Å². The number of aromatic hydroxyl groups is 1. The van der Waals surface area contributed by atoms with Crippen molar-refractivity contribution in [3.63, 3.8) is 0 Å². The number of phenolic OH excluding ortho intramolecular Hbond substituents is 1. The highest BCUT2D eigenvalue weighted by Gasteiger charge is 2.06. The van der Waals surface area contributed by atoms with Crippen molar-refractivity contribution in [3.05, 3.63) is 59.7 Å². The molecule has 0 saturated heterocycles. The summed E-state index contributed by atoms with van der Waals surface area (Å²) >= 11 is 0. The quantitative estimate of drug-likeness (QED) is 0.328. The van der Waals surface area contributed by atoms with Crippen LogP contribution in [0.1, 0.15) is 25.0 Å². The van der Waals surface area contributed by atoms with Crippen LogP contribution in [0.25, 0.3) is 0 Å². The number of nitrogens with one attached hydrogen (secondary N) is 2. The molecule has 0 heterocycles. The van der Waals surface area contributed by atoms with E-state index in [1.165, 1.54) is 5.56 Å². The van der Waals surface area contributed by atoms with E-state index in [1.54, 1.807) is 12.1 Å². The van der Waals surface area contributed by atoms with Gasteiger partial charge < -0.3 is 20.5 Å². The van der Waals surface area contributed by atoms with Gasteiger partial charge in [-0.1, -0.05) is 24.3 Å². The fourth-order valence-corrected chi connectivity index (χ4v) is 2.37. The van der Waals surface area contributed by atoms with Crippen LogP contribution in [0.5, 0.6) is 11.5 Å². The lowest BCUT2D eigenvalue weighted by Crippen LogP contribution is -2.41. The minimum absolute atomic E-state index is 0. The van der Waals surface area contributed by atoms with Gasteiger partial charge in [0, 0.05) is 6.54 Å². The van der Waals surface area contributed by atoms with Gasteiger partial charge in [-0.15, -0.1) is 24.0 Å². The number of phenols is 1. The monoisotopic (exact) mass is 469 g/mol. The van der Waals surface area contributed by atoms with E-state index in [1.807, 2.05) is 57.2 Å². The predicted octanol–water partition coefficient (Wildman–Crippen LogP) is 3.84. The highest BCUT2D eigenvalue weighted by atomic mass is 127. The molecule has 2 aromatic rings. The molecule has 2 rings (SSSR count). The zero-order chi connectivity index (χ0) is 18.1. The Bertz CT molecular complexity index is 707. The predicted molar refractivity (Wildman–Crippen MR) is 118 cm³/mol. The number of nitrogens with zero attached hydrogens (tertiary/aromatic N) is 1. The maximum atomic E-state index is 9.52. The number of hydrogen-bond donors (Lipinski definition) is 3. The average Bonchev–Trinajstić information content (AvgIpc) is 2.57. The molecular weight excluding hydrogens is 441 g/mol. The molecule has 0 aliphatic rings. The molecule has 0 aliphatic carbocycles. The number of rotatable bonds is 7. The summed E-state index contributed by atoms with van der Waals surface area (Å²) in [6.45, 7) is 8.01. The highest BCUT2D eigenvalue weighted by Crippen LogP contribution is 2.14. The first-order valence-corrected chi connectivity index (χ1v) is 8.60. The number of benzene rings is 2. The van der Waals surface area contributed by atoms with E-state index in [4.69, 9.17) is 4.74 Å². The number of aliphatic imine (C=N–C) groups is 1. The maximum Gasteiger partial charge on any atom is 0.191 e. The first kappa shape index (κ1) is 22.1. The smallest absolute Gasteiger partial charge is 0.191 e. The molecule has 0 saturated carbocycles. The molecule has 0 amide bonds. The van der Waals surface area contributed by atoms with Gasteiger partial charge in [-0.25, -0.2) is 4.99 Å². The molecule has 0 aliphatic heterocycles. The summed E-state index contributed by atoms with van der Waals surface area (Å²) < 4.78 is 5.92. The number of hydrogen-bond acceptors (Lipinski definition) is 3. The zero-order valence-corrected chi connectivity index (χ0v) is 17.9. The second-order valence-corrected chi connectivity index (χ2v) is 5.99. The van der Waals surface area contributed by atoms with E-state index >= 15 is 0 Å². The minimum Gasteiger partial charge on any atom is -0.508 e. The average molecular weight is 469 g/mol. The highest BCUT2D eigenvalue weighted by molar-refractivity contribution is 14.0. The van der Waals surface area contributed by atoms with Crippen molar-refractivity contribution < 1.29 is 9.84 Å². The van der Waals surface area contributed by atoms with Crippen LogP contribution >= 0.6 is 24.0 Å². The van der Waals surface area contributed by atoms with E-state index in [9.17, 15) is 5.11 Å². The van der Waals surface area contributed by atoms with Crippen molar-refractivity contribution in [2.75, 3.05) is 13.1 Å². The van der Waals surface area contributed by atoms with Crippen molar-refractivity contribution in [2.45, 2.75) is 33.4 Å². The van der Waals surface area contributed by atoms with Crippen LogP contribution in [0, 0.1) is 6.92 Å². The summed E-state index contributed by atoms with van der Waals surface area (Å²) in [7, 11) is 0. The van der Waals surface area contributed by atoms with E-state index in [0.29, 0.717) is 13.1 Å². The first-order valence-electron chi connectivity index (χ1n) is 8.60. The summed E-state index contributed by atoms with van der Waals surface area (Å²) in [4.78, 5) is 4.55. The van der Waals surface area contributed by atoms with Crippen molar-refractivity contribution in [1.82, 2.24) is 10.6 Å². The molecule has 2 aromatic carbocycles. The zero-order valence-electron chi connectivity index (χ0n) is 15.5. The van der Waals surface area contributed by atoms with Crippen LogP contribution in [-0.4, -0.2) is 30.3 Å². The maximum absolute atomic E-state index is 9.52. The number of aryl methyl sites for hydroxylation is 1. The van der Waals surface area contributed by atoms with Gasteiger partial charge in [0.25, 0.3) is 0 Å². The Balaban J connectivity index is 0.00000338. The molecule has 142 valence electrons. The molecule has 5 nitrogen and oxygen atoms in total. The molecule has 0 fully saturated rings. The second-order valence-electron chi connectivity index (χ2n) is 5.99. The molecule has 3 N–H and O–H groups in total. The molecule has 0 aromatic heterocycles. The first-order chi connectivity index (χ1) is 12.1. The van der Waals surface area contributed by atoms with Crippen LogP contribution < -0.4 is 15.4 Å². The van der Waals surface area contributed by atoms with Gasteiger partial charge in [0.15, 0.2) is 5.96 Å². The van der Waals surface area contributed by atoms with Crippen molar-refractivity contribution >= 4 is 29.9 Å². The molecule has 0 bridgehead atoms. The van der Waals surface area contributed by atoms with E-state index in [2.05, 4.69) is 15.6 Å². The lowest BCUT2D eigenvalue weighted by molar-refractivity contribution is 0.223. The van der Waals surface area contributed by atoms with E-state index < -0.39 is 0 Å². The van der Waals surface area contributed by atoms with Crippen molar-refractivity contribution in [3.8, 4) is 11.5 Å². The third kappa shape index (κ3) is 7.95. The van der Waals surface area contributed by atoms with Gasteiger partial charge in [-0.2, -0.15) is 0 Å². The van der Waals surface area contributed by atoms with Gasteiger partial charge in [0.2, 0.25) is 0 Å². The SMILES string of the molecule is CCNC(=NCc1cccc(O)c1)NCC(C)Oc1cccc(C)c1.I. The minimum atomic E-state index is 0. The summed E-state index contributed by atoms with van der Waals surface area (Å²) in [6, 6.07) is 15.2. The molecular formula is C20H28IN3O2. The summed E-state index contributed by atoms with van der Waals surface area (Å²) in [5.41, 5.74) is 2.14. The summed E-state index contributed by atoms with van der Waals surface area (Å²) in [5, 5.41) is 16.0. The second kappa shape index (κ2) is 11.6. The lowest BCUT2D eigenvalue weighted by Gasteiger charge is -2.18. The van der Waals surface area contributed by atoms with Crippen molar-refractivity contribution in [1.29, 1.82) is 0 Å². The number of guanidine groups is 1. The van der Waals surface area contributed by atoms with E-state index in [-0.39, 0.29) is 35.8 Å². The number of halogens is 1. The van der Waals surface area contributed by atoms with Crippen LogP contribution in [-0.2, 0) is 6.54 Å². The van der Waals surface area contributed by atoms with Crippen LogP contribution in [0.15, 0.2) is 53.5 Å². The normalized spacial score (nSPS) is 12.0. The Labute approximate surface area is 172 Å². The summed E-state index contributed by atoms with van der Waals surface area (Å²) in [6.07, 6.45) is 0.00595. The standard InChI is InChI=1S/C20H27N3O2.HI/c1-4-21-20(23-14-17-8-6-9-18(24)12-17)22-13-16(3)25-19-10-5-7-15(2)11-19;/h5-12,16,24H,4,13-14H2,1-3H3,(H2,21,22,23);1H. The fourth-order valence-electron chi connectivity index (χ4n) is 2.37. The third-order valence-corrected chi connectivity index (χ3v) is 3.56. The van der Waals surface area contributed by atoms with Crippen LogP contribution in [0.2, 0.25) is 0 Å². The summed E-state index contributed by atoms with van der Waals surface area (Å²) in [5.74, 6) is 1.85. The molecule has 6 heteroatoms. The molecule has 0 radical (unpaired) electrons. The van der Waals surface area contributed by atoms with Crippen molar-refractivity contribution in [2.24, 2.45) is 4.99 Å². The Kier molecular flexibility index (Phi) is 9.87. The Morgan fingerprint density at radius 2 is 1.92 bits per heavy atom. The molecule has 0 spiro atoms. The van der Waals surface area contributed by atoms with Gasteiger partial charge in [-0.3, -0.25) is 0 Å². The topological polar surface area (TPSA) is 65.9 Å². The fraction of sp³-hybridized carbons (Fsp3) is 0.350. The van der Waals surface area contributed by atoms with Gasteiger partial charge in [-0.05, 0) is 56.2 Å². The van der Waals surface area contributed by atoms with Crippen LogP contribution in [0.3, 0.4) is 0 Å². The van der Waals surface area contributed by atoms with Gasteiger partial charge >= 0.3 is 0 Å². The molecule has 26 heavy (non-hydrogen) atoms. The number of ether oxygens (including phenoxy) is 1. The lowest BCUT2D eigenvalue weighted by atomic mass is 10.2. The Hall–Kier alpha value is -1.96. The molecule has 1 atom stereocenters. The molecule has 1 unspecified atom stereocenters. The van der Waals surface area contributed by atoms with Gasteiger partial charge in [0.05, 0.1) is 13.1 Å². The Morgan fingerprint density at radius 1 is 1.15 bits per heavy atom. The largest absolute Gasteiger partial charge is 0.508 e. The third-order valence-electron chi connectivity index (χ3n) is 3.56. The van der Waals surface area contributed by atoms with E-state index in [0.717, 1.165) is 23.8 Å². The Morgan fingerprint density at radius 3 is 2.62 bits per heavy atom.